The second-order valence-corrected chi connectivity index (χ2v) is 6.95. The summed E-state index contributed by atoms with van der Waals surface area (Å²) >= 11 is 2.11. The Kier molecular flexibility index (Phi) is 12.0. The first-order valence-corrected chi connectivity index (χ1v) is 8.96. The summed E-state index contributed by atoms with van der Waals surface area (Å²) in [6, 6.07) is 0. The molecule has 6 heteroatoms. The summed E-state index contributed by atoms with van der Waals surface area (Å²) in [7, 11) is 1.89. The molecule has 0 saturated carbocycles. The highest BCUT2D eigenvalue weighted by Crippen LogP contribution is 2.24. The van der Waals surface area contributed by atoms with Gasteiger partial charge in [0.25, 0.3) is 0 Å². The maximum atomic E-state index is 4.46. The van der Waals surface area contributed by atoms with Crippen LogP contribution in [0.2, 0.25) is 0 Å². The second kappa shape index (κ2) is 11.8. The van der Waals surface area contributed by atoms with Crippen LogP contribution in [0.1, 0.15) is 27.7 Å². The Labute approximate surface area is 152 Å². The largest absolute Gasteiger partial charge is 0.355 e. The topological polar surface area (TPSA) is 30.9 Å². The fourth-order valence-corrected chi connectivity index (χ4v) is 3.77. The maximum Gasteiger partial charge on any atom is 0.193 e. The first-order chi connectivity index (χ1) is 9.62. The molecule has 0 bridgehead atoms. The molecule has 1 heterocycles. The normalized spacial score (nSPS) is 19.9. The van der Waals surface area contributed by atoms with E-state index in [1.54, 1.807) is 0 Å². The van der Waals surface area contributed by atoms with Crippen molar-refractivity contribution >= 4 is 41.7 Å². The highest BCUT2D eigenvalue weighted by Gasteiger charge is 2.24. The number of thioether (sulfide) groups is 1. The van der Waals surface area contributed by atoms with Gasteiger partial charge in [-0.15, -0.1) is 24.0 Å². The van der Waals surface area contributed by atoms with E-state index >= 15 is 0 Å². The van der Waals surface area contributed by atoms with Gasteiger partial charge in [-0.05, 0) is 19.0 Å². The Bertz CT molecular complexity index is 295. The number of guanidine groups is 1. The number of rotatable bonds is 6. The molecule has 126 valence electrons. The molecule has 1 aliphatic heterocycles. The fraction of sp³-hybridized carbons (Fsp3) is 0.933. The molecule has 0 aromatic heterocycles. The molecule has 1 saturated heterocycles. The molecule has 4 nitrogen and oxygen atoms in total. The lowest BCUT2D eigenvalue weighted by Gasteiger charge is -2.36. The van der Waals surface area contributed by atoms with Crippen molar-refractivity contribution in [1.82, 2.24) is 15.1 Å². The van der Waals surface area contributed by atoms with Gasteiger partial charge in [-0.25, -0.2) is 0 Å². The summed E-state index contributed by atoms with van der Waals surface area (Å²) in [4.78, 5) is 9.31. The lowest BCUT2D eigenvalue weighted by molar-refractivity contribution is 0.304. The van der Waals surface area contributed by atoms with Crippen molar-refractivity contribution in [3.63, 3.8) is 0 Å². The van der Waals surface area contributed by atoms with Crippen molar-refractivity contribution < 1.29 is 0 Å². The molecular weight excluding hydrogens is 395 g/mol. The summed E-state index contributed by atoms with van der Waals surface area (Å²) in [5.41, 5.74) is 0. The van der Waals surface area contributed by atoms with Gasteiger partial charge in [0, 0.05) is 44.2 Å². The Morgan fingerprint density at radius 1 is 1.38 bits per heavy atom. The van der Waals surface area contributed by atoms with Gasteiger partial charge in [-0.2, -0.15) is 11.8 Å². The van der Waals surface area contributed by atoms with Crippen LogP contribution in [0.25, 0.3) is 0 Å². The zero-order valence-electron chi connectivity index (χ0n) is 14.3. The maximum absolute atomic E-state index is 4.46. The first-order valence-electron chi connectivity index (χ1n) is 7.91. The molecule has 0 spiro atoms. The summed E-state index contributed by atoms with van der Waals surface area (Å²) in [6.07, 6.45) is 0. The molecule has 1 N–H and O–H groups in total. The number of halogens is 1. The van der Waals surface area contributed by atoms with Crippen LogP contribution in [0, 0.1) is 5.92 Å². The predicted octanol–water partition coefficient (Wildman–Crippen LogP) is 2.60. The van der Waals surface area contributed by atoms with Crippen LogP contribution in [0.15, 0.2) is 4.99 Å². The summed E-state index contributed by atoms with van der Waals surface area (Å²) in [5, 5.41) is 4.25. The molecular formula is C15H33IN4S. The zero-order valence-corrected chi connectivity index (χ0v) is 17.4. The molecule has 21 heavy (non-hydrogen) atoms. The Balaban J connectivity index is 0.00000400. The number of nitrogens with one attached hydrogen (secondary N) is 1. The van der Waals surface area contributed by atoms with Crippen molar-refractivity contribution in [1.29, 1.82) is 0 Å². The third-order valence-corrected chi connectivity index (χ3v) is 5.49. The number of hydrogen-bond donors (Lipinski definition) is 1. The van der Waals surface area contributed by atoms with Crippen molar-refractivity contribution in [3.8, 4) is 0 Å². The Morgan fingerprint density at radius 3 is 2.57 bits per heavy atom. The molecule has 1 atom stereocenters. The first kappa shape index (κ1) is 21.3. The van der Waals surface area contributed by atoms with Gasteiger partial charge in [0.15, 0.2) is 5.96 Å². The lowest BCUT2D eigenvalue weighted by atomic mass is 10.1. The van der Waals surface area contributed by atoms with Crippen LogP contribution in [0.5, 0.6) is 0 Å². The van der Waals surface area contributed by atoms with Gasteiger partial charge in [0.05, 0.1) is 0 Å². The molecule has 0 aromatic carbocycles. The van der Waals surface area contributed by atoms with E-state index < -0.39 is 0 Å². The summed E-state index contributed by atoms with van der Waals surface area (Å²) in [5.74, 6) is 3.01. The van der Waals surface area contributed by atoms with Crippen molar-refractivity contribution in [2.24, 2.45) is 10.9 Å². The van der Waals surface area contributed by atoms with Gasteiger partial charge >= 0.3 is 0 Å². The minimum atomic E-state index is 0. The van der Waals surface area contributed by atoms with Crippen molar-refractivity contribution in [2.45, 2.75) is 32.9 Å². The van der Waals surface area contributed by atoms with Crippen LogP contribution in [-0.2, 0) is 0 Å². The predicted molar refractivity (Wildman–Crippen MR) is 107 cm³/mol. The van der Waals surface area contributed by atoms with Gasteiger partial charge in [0.2, 0.25) is 0 Å². The van der Waals surface area contributed by atoms with E-state index in [1.807, 2.05) is 7.05 Å². The second-order valence-electron chi connectivity index (χ2n) is 5.60. The highest BCUT2D eigenvalue weighted by atomic mass is 127. The molecule has 0 aromatic rings. The molecule has 1 fully saturated rings. The molecule has 0 amide bonds. The lowest BCUT2D eigenvalue weighted by Crippen LogP contribution is -2.50. The average molecular weight is 428 g/mol. The monoisotopic (exact) mass is 428 g/mol. The smallest absolute Gasteiger partial charge is 0.193 e. The molecule has 0 aliphatic carbocycles. The third kappa shape index (κ3) is 7.41. The van der Waals surface area contributed by atoms with E-state index in [-0.39, 0.29) is 24.0 Å². The van der Waals surface area contributed by atoms with Gasteiger partial charge in [-0.1, -0.05) is 27.7 Å². The SMILES string of the molecule is CCN(CC)CCNC(=NC)N1CCSC(C(C)C)C1.I. The van der Waals surface area contributed by atoms with Crippen molar-refractivity contribution in [3.05, 3.63) is 0 Å². The molecule has 0 radical (unpaired) electrons. The van der Waals surface area contributed by atoms with E-state index in [9.17, 15) is 0 Å². The van der Waals surface area contributed by atoms with Crippen molar-refractivity contribution in [2.75, 3.05) is 52.1 Å². The minimum absolute atomic E-state index is 0. The zero-order chi connectivity index (χ0) is 15.0. The highest BCUT2D eigenvalue weighted by molar-refractivity contribution is 14.0. The van der Waals surface area contributed by atoms with Crippen LogP contribution in [0.4, 0.5) is 0 Å². The standard InChI is InChI=1S/C15H32N4S.HI/c1-6-18(7-2)9-8-17-15(16-5)19-10-11-20-14(12-19)13(3)4;/h13-14H,6-12H2,1-5H3,(H,16,17);1H. The quantitative estimate of drug-likeness (QED) is 0.400. The molecule has 1 rings (SSSR count). The van der Waals surface area contributed by atoms with E-state index in [1.165, 1.54) is 5.75 Å². The van der Waals surface area contributed by atoms with E-state index in [0.717, 1.165) is 56.4 Å². The van der Waals surface area contributed by atoms with Gasteiger partial charge in [0.1, 0.15) is 0 Å². The molecule has 1 unspecified atom stereocenters. The third-order valence-electron chi connectivity index (χ3n) is 3.95. The molecule has 1 aliphatic rings. The van der Waals surface area contributed by atoms with Gasteiger partial charge < -0.3 is 15.1 Å². The number of likely N-dealkylation sites (N-methyl/N-ethyl adjacent to an activating group) is 1. The van der Waals surface area contributed by atoms with E-state index in [0.29, 0.717) is 0 Å². The number of aliphatic imine (C=N–C) groups is 1. The van der Waals surface area contributed by atoms with E-state index in [4.69, 9.17) is 0 Å². The number of hydrogen-bond acceptors (Lipinski definition) is 3. The Hall–Kier alpha value is 0.310. The van der Waals surface area contributed by atoms with Crippen LogP contribution in [-0.4, -0.2) is 73.1 Å². The van der Waals surface area contributed by atoms with E-state index in [2.05, 4.69) is 59.6 Å². The summed E-state index contributed by atoms with van der Waals surface area (Å²) < 4.78 is 0. The van der Waals surface area contributed by atoms with Crippen LogP contribution >= 0.6 is 35.7 Å². The van der Waals surface area contributed by atoms with Crippen LogP contribution < -0.4 is 5.32 Å². The minimum Gasteiger partial charge on any atom is -0.355 e. The Morgan fingerprint density at radius 2 is 2.05 bits per heavy atom. The number of nitrogens with zero attached hydrogens (tertiary/aromatic N) is 3. The summed E-state index contributed by atoms with van der Waals surface area (Å²) in [6.45, 7) is 15.6. The fourth-order valence-electron chi connectivity index (χ4n) is 2.47. The van der Waals surface area contributed by atoms with Crippen LogP contribution in [0.3, 0.4) is 0 Å². The average Bonchev–Trinajstić information content (AvgIpc) is 2.48. The van der Waals surface area contributed by atoms with Gasteiger partial charge in [-0.3, -0.25) is 4.99 Å².